The lowest BCUT2D eigenvalue weighted by molar-refractivity contribution is 0.385. The Labute approximate surface area is 144 Å². The van der Waals surface area contributed by atoms with E-state index in [1.807, 2.05) is 13.0 Å². The van der Waals surface area contributed by atoms with Gasteiger partial charge in [-0.3, -0.25) is 0 Å². The van der Waals surface area contributed by atoms with E-state index in [1.54, 1.807) is 11.8 Å². The highest BCUT2D eigenvalue weighted by molar-refractivity contribution is 7.98. The van der Waals surface area contributed by atoms with Crippen LogP contribution in [0.2, 0.25) is 0 Å². The lowest BCUT2D eigenvalue weighted by atomic mass is 10.2. The summed E-state index contributed by atoms with van der Waals surface area (Å²) in [6.07, 6.45) is 3.20. The molecule has 0 amide bonds. The summed E-state index contributed by atoms with van der Waals surface area (Å²) < 4.78 is 7.49. The molecule has 24 heavy (non-hydrogen) atoms. The summed E-state index contributed by atoms with van der Waals surface area (Å²) in [7, 11) is 0. The van der Waals surface area contributed by atoms with Gasteiger partial charge >= 0.3 is 0 Å². The molecular weight excluding hydrogens is 322 g/mol. The normalized spacial score (nSPS) is 14.2. The van der Waals surface area contributed by atoms with E-state index in [0.29, 0.717) is 17.6 Å². The minimum atomic E-state index is 0.561. The minimum Gasteiger partial charge on any atom is -0.338 e. The average Bonchev–Trinajstić information content (AvgIpc) is 3.22. The maximum Gasteiger partial charge on any atom is 0.237 e. The molecular formula is C17H19N5OS. The summed E-state index contributed by atoms with van der Waals surface area (Å²) in [5.74, 6) is 3.66. The minimum absolute atomic E-state index is 0.561. The molecule has 1 aliphatic carbocycles. The fourth-order valence-electron chi connectivity index (χ4n) is 2.58. The molecule has 1 saturated carbocycles. The van der Waals surface area contributed by atoms with Gasteiger partial charge in [0.1, 0.15) is 5.82 Å². The Morgan fingerprint density at radius 3 is 2.75 bits per heavy atom. The lowest BCUT2D eigenvalue weighted by Crippen LogP contribution is -2.06. The molecule has 0 unspecified atom stereocenters. The van der Waals surface area contributed by atoms with Gasteiger partial charge in [0.05, 0.1) is 12.3 Å². The van der Waals surface area contributed by atoms with E-state index in [9.17, 15) is 0 Å². The Kier molecular flexibility index (Phi) is 4.34. The molecule has 7 heteroatoms. The molecule has 0 bridgehead atoms. The molecule has 0 atom stereocenters. The van der Waals surface area contributed by atoms with Gasteiger partial charge in [-0.1, -0.05) is 54.2 Å². The fraction of sp³-hybridized carbons (Fsp3) is 0.412. The van der Waals surface area contributed by atoms with Crippen molar-refractivity contribution in [1.82, 2.24) is 24.9 Å². The van der Waals surface area contributed by atoms with Crippen molar-refractivity contribution in [1.29, 1.82) is 0 Å². The van der Waals surface area contributed by atoms with Crippen LogP contribution in [0.5, 0.6) is 0 Å². The SMILES string of the molecule is CCc1noc(CSc2nnc(C3CC3)n2Cc2ccccc2)n1. The quantitative estimate of drug-likeness (QED) is 0.613. The summed E-state index contributed by atoms with van der Waals surface area (Å²) in [5, 5.41) is 13.7. The highest BCUT2D eigenvalue weighted by Gasteiger charge is 2.30. The number of hydrogen-bond donors (Lipinski definition) is 0. The maximum atomic E-state index is 5.26. The predicted octanol–water partition coefficient (Wildman–Crippen LogP) is 3.44. The van der Waals surface area contributed by atoms with Crippen molar-refractivity contribution in [2.75, 3.05) is 0 Å². The van der Waals surface area contributed by atoms with Crippen molar-refractivity contribution >= 4 is 11.8 Å². The van der Waals surface area contributed by atoms with E-state index in [4.69, 9.17) is 4.52 Å². The van der Waals surface area contributed by atoms with E-state index in [1.165, 1.54) is 18.4 Å². The van der Waals surface area contributed by atoms with Crippen molar-refractivity contribution in [3.63, 3.8) is 0 Å². The molecule has 0 saturated heterocycles. The number of nitrogens with zero attached hydrogens (tertiary/aromatic N) is 5. The van der Waals surface area contributed by atoms with Crippen LogP contribution in [0.15, 0.2) is 40.0 Å². The second kappa shape index (κ2) is 6.76. The summed E-state index contributed by atoms with van der Waals surface area (Å²) in [4.78, 5) is 4.36. The van der Waals surface area contributed by atoms with Crippen LogP contribution in [0.25, 0.3) is 0 Å². The van der Waals surface area contributed by atoms with E-state index < -0.39 is 0 Å². The van der Waals surface area contributed by atoms with Crippen LogP contribution < -0.4 is 0 Å². The molecule has 0 N–H and O–H groups in total. The highest BCUT2D eigenvalue weighted by Crippen LogP contribution is 2.40. The van der Waals surface area contributed by atoms with Crippen LogP contribution in [0.3, 0.4) is 0 Å². The maximum absolute atomic E-state index is 5.26. The van der Waals surface area contributed by atoms with Gasteiger partial charge in [0.2, 0.25) is 5.89 Å². The molecule has 6 nitrogen and oxygen atoms in total. The van der Waals surface area contributed by atoms with Crippen molar-refractivity contribution in [2.45, 2.75) is 49.6 Å². The molecule has 0 radical (unpaired) electrons. The molecule has 1 fully saturated rings. The molecule has 2 heterocycles. The highest BCUT2D eigenvalue weighted by atomic mass is 32.2. The van der Waals surface area contributed by atoms with Gasteiger partial charge in [-0.25, -0.2) is 0 Å². The summed E-state index contributed by atoms with van der Waals surface area (Å²) in [6.45, 7) is 2.81. The molecule has 0 aliphatic heterocycles. The van der Waals surface area contributed by atoms with Crippen LogP contribution in [0, 0.1) is 0 Å². The molecule has 124 valence electrons. The molecule has 2 aromatic heterocycles. The number of thioether (sulfide) groups is 1. The zero-order valence-electron chi connectivity index (χ0n) is 13.6. The number of benzene rings is 1. The smallest absolute Gasteiger partial charge is 0.237 e. The zero-order valence-corrected chi connectivity index (χ0v) is 14.4. The van der Waals surface area contributed by atoms with E-state index >= 15 is 0 Å². The van der Waals surface area contributed by atoms with Crippen LogP contribution in [0.4, 0.5) is 0 Å². The first-order chi connectivity index (χ1) is 11.8. The summed E-state index contributed by atoms with van der Waals surface area (Å²) in [5.41, 5.74) is 1.26. The van der Waals surface area contributed by atoms with Crippen LogP contribution in [-0.2, 0) is 18.7 Å². The van der Waals surface area contributed by atoms with Gasteiger partial charge in [-0.15, -0.1) is 10.2 Å². The summed E-state index contributed by atoms with van der Waals surface area (Å²) in [6, 6.07) is 10.4. The fourth-order valence-corrected chi connectivity index (χ4v) is 3.37. The van der Waals surface area contributed by atoms with E-state index in [2.05, 4.69) is 49.2 Å². The number of aromatic nitrogens is 5. The second-order valence-corrected chi connectivity index (χ2v) is 6.88. The van der Waals surface area contributed by atoms with Gasteiger partial charge in [0.15, 0.2) is 11.0 Å². The van der Waals surface area contributed by atoms with Crippen molar-refractivity contribution < 1.29 is 4.52 Å². The Morgan fingerprint density at radius 2 is 2.04 bits per heavy atom. The average molecular weight is 341 g/mol. The van der Waals surface area contributed by atoms with Crippen molar-refractivity contribution in [3.8, 4) is 0 Å². The van der Waals surface area contributed by atoms with Crippen LogP contribution in [-0.4, -0.2) is 24.9 Å². The molecule has 4 rings (SSSR count). The molecule has 3 aromatic rings. The van der Waals surface area contributed by atoms with Crippen molar-refractivity contribution in [3.05, 3.63) is 53.4 Å². The van der Waals surface area contributed by atoms with Gasteiger partial charge in [-0.2, -0.15) is 4.98 Å². The number of hydrogen-bond acceptors (Lipinski definition) is 6. The largest absolute Gasteiger partial charge is 0.338 e. The Balaban J connectivity index is 1.53. The van der Waals surface area contributed by atoms with Crippen LogP contribution in [0.1, 0.15) is 48.8 Å². The molecule has 1 aromatic carbocycles. The first-order valence-electron chi connectivity index (χ1n) is 8.24. The predicted molar refractivity (Wildman–Crippen MR) is 90.8 cm³/mol. The topological polar surface area (TPSA) is 69.6 Å². The lowest BCUT2D eigenvalue weighted by Gasteiger charge is -2.09. The van der Waals surface area contributed by atoms with Crippen molar-refractivity contribution in [2.24, 2.45) is 0 Å². The van der Waals surface area contributed by atoms with Gasteiger partial charge in [0, 0.05) is 12.3 Å². The van der Waals surface area contributed by atoms with Gasteiger partial charge < -0.3 is 9.09 Å². The van der Waals surface area contributed by atoms with E-state index in [-0.39, 0.29) is 0 Å². The zero-order chi connectivity index (χ0) is 16.4. The van der Waals surface area contributed by atoms with E-state index in [0.717, 1.165) is 29.8 Å². The molecule has 1 aliphatic rings. The number of aryl methyl sites for hydroxylation is 1. The number of rotatable bonds is 7. The Bertz CT molecular complexity index is 810. The Hall–Kier alpha value is -2.15. The standard InChI is InChI=1S/C17H19N5OS/c1-2-14-18-15(23-21-14)11-24-17-20-19-16(13-8-9-13)22(17)10-12-6-4-3-5-7-12/h3-7,13H,2,8-11H2,1H3. The summed E-state index contributed by atoms with van der Waals surface area (Å²) >= 11 is 1.60. The third-order valence-electron chi connectivity index (χ3n) is 4.02. The first kappa shape index (κ1) is 15.4. The molecule has 0 spiro atoms. The second-order valence-electron chi connectivity index (χ2n) is 5.93. The van der Waals surface area contributed by atoms with Gasteiger partial charge in [0.25, 0.3) is 0 Å². The third-order valence-corrected chi connectivity index (χ3v) is 4.97. The Morgan fingerprint density at radius 1 is 1.21 bits per heavy atom. The first-order valence-corrected chi connectivity index (χ1v) is 9.23. The monoisotopic (exact) mass is 341 g/mol. The third kappa shape index (κ3) is 3.36. The van der Waals surface area contributed by atoms with Crippen LogP contribution >= 0.6 is 11.8 Å². The van der Waals surface area contributed by atoms with Gasteiger partial charge in [-0.05, 0) is 18.4 Å².